The minimum absolute atomic E-state index is 0.132. The van der Waals surface area contributed by atoms with Gasteiger partial charge in [-0.25, -0.2) is 0 Å². The van der Waals surface area contributed by atoms with Crippen LogP contribution in [-0.4, -0.2) is 19.0 Å². The lowest BCUT2D eigenvalue weighted by molar-refractivity contribution is -0.131. The average Bonchev–Trinajstić information content (AvgIpc) is 2.73. The highest BCUT2D eigenvalue weighted by Gasteiger charge is 2.34. The molecule has 1 amide bonds. The van der Waals surface area contributed by atoms with Gasteiger partial charge in [0.05, 0.1) is 6.54 Å². The van der Waals surface area contributed by atoms with Gasteiger partial charge in [0.2, 0.25) is 5.91 Å². The molecule has 0 aromatic carbocycles. The maximum absolute atomic E-state index is 12.1. The molecule has 0 bridgehead atoms. The molecule has 2 N–H and O–H groups in total. The van der Waals surface area contributed by atoms with Crippen molar-refractivity contribution >= 4 is 5.91 Å². The molecule has 1 aliphatic heterocycles. The summed E-state index contributed by atoms with van der Waals surface area (Å²) < 4.78 is 5.43. The molecular weight excluding hydrogens is 216 g/mol. The molecule has 1 saturated heterocycles. The fourth-order valence-corrected chi connectivity index (χ4v) is 2.17. The summed E-state index contributed by atoms with van der Waals surface area (Å²) in [5.74, 6) is 1.82. The molecule has 1 aliphatic rings. The number of aryl methyl sites for hydroxylation is 1. The number of nitrogens with one attached hydrogen (secondary N) is 2. The van der Waals surface area contributed by atoms with Gasteiger partial charge < -0.3 is 15.1 Å². The number of amides is 1. The van der Waals surface area contributed by atoms with Gasteiger partial charge in [-0.1, -0.05) is 6.92 Å². The van der Waals surface area contributed by atoms with Crippen LogP contribution in [0.15, 0.2) is 16.5 Å². The van der Waals surface area contributed by atoms with Crippen LogP contribution in [0.5, 0.6) is 0 Å². The van der Waals surface area contributed by atoms with E-state index >= 15 is 0 Å². The predicted molar refractivity (Wildman–Crippen MR) is 65.5 cm³/mol. The number of piperidine rings is 1. The van der Waals surface area contributed by atoms with Crippen LogP contribution < -0.4 is 10.6 Å². The number of carbonyl (C=O) groups is 1. The van der Waals surface area contributed by atoms with Gasteiger partial charge in [-0.3, -0.25) is 4.79 Å². The van der Waals surface area contributed by atoms with Crippen LogP contribution in [0.4, 0.5) is 0 Å². The SMILES string of the molecule is Cc1ccc(CNC(=O)C2(C)CCNCC2)o1. The van der Waals surface area contributed by atoms with Crippen molar-refractivity contribution in [3.05, 3.63) is 23.7 Å². The lowest BCUT2D eigenvalue weighted by atomic mass is 9.80. The van der Waals surface area contributed by atoms with Crippen molar-refractivity contribution in [2.24, 2.45) is 5.41 Å². The monoisotopic (exact) mass is 236 g/mol. The van der Waals surface area contributed by atoms with E-state index in [0.717, 1.165) is 37.5 Å². The van der Waals surface area contributed by atoms with Crippen molar-refractivity contribution in [2.75, 3.05) is 13.1 Å². The Hall–Kier alpha value is -1.29. The maximum atomic E-state index is 12.1. The van der Waals surface area contributed by atoms with Crippen molar-refractivity contribution in [1.82, 2.24) is 10.6 Å². The molecule has 2 heterocycles. The smallest absolute Gasteiger partial charge is 0.226 e. The van der Waals surface area contributed by atoms with Crippen LogP contribution in [-0.2, 0) is 11.3 Å². The van der Waals surface area contributed by atoms with Gasteiger partial charge in [-0.15, -0.1) is 0 Å². The molecule has 0 radical (unpaired) electrons. The highest BCUT2D eigenvalue weighted by atomic mass is 16.3. The molecule has 1 aromatic rings. The van der Waals surface area contributed by atoms with E-state index in [1.54, 1.807) is 0 Å². The van der Waals surface area contributed by atoms with Crippen LogP contribution in [0, 0.1) is 12.3 Å². The second kappa shape index (κ2) is 4.92. The number of carbonyl (C=O) groups excluding carboxylic acids is 1. The summed E-state index contributed by atoms with van der Waals surface area (Å²) in [4.78, 5) is 12.1. The number of hydrogen-bond acceptors (Lipinski definition) is 3. The molecule has 0 atom stereocenters. The van der Waals surface area contributed by atoms with Gasteiger partial charge in [-0.05, 0) is 45.0 Å². The highest BCUT2D eigenvalue weighted by molar-refractivity contribution is 5.82. The molecule has 0 saturated carbocycles. The zero-order valence-electron chi connectivity index (χ0n) is 10.5. The second-order valence-electron chi connectivity index (χ2n) is 5.01. The van der Waals surface area contributed by atoms with Gasteiger partial charge in [0.1, 0.15) is 11.5 Å². The van der Waals surface area contributed by atoms with Gasteiger partial charge in [0.15, 0.2) is 0 Å². The predicted octanol–water partition coefficient (Wildman–Crippen LogP) is 1.59. The van der Waals surface area contributed by atoms with E-state index in [2.05, 4.69) is 10.6 Å². The average molecular weight is 236 g/mol. The van der Waals surface area contributed by atoms with Crippen molar-refractivity contribution in [1.29, 1.82) is 0 Å². The van der Waals surface area contributed by atoms with Crippen molar-refractivity contribution in [3.63, 3.8) is 0 Å². The van der Waals surface area contributed by atoms with Crippen molar-refractivity contribution in [2.45, 2.75) is 33.2 Å². The molecule has 0 spiro atoms. The van der Waals surface area contributed by atoms with E-state index in [0.29, 0.717) is 6.54 Å². The van der Waals surface area contributed by atoms with Gasteiger partial charge in [0.25, 0.3) is 0 Å². The summed E-state index contributed by atoms with van der Waals surface area (Å²) in [5.41, 5.74) is -0.229. The molecule has 0 unspecified atom stereocenters. The molecule has 17 heavy (non-hydrogen) atoms. The third-order valence-electron chi connectivity index (χ3n) is 3.47. The van der Waals surface area contributed by atoms with E-state index in [1.807, 2.05) is 26.0 Å². The minimum atomic E-state index is -0.229. The third kappa shape index (κ3) is 2.88. The standard InChI is InChI=1S/C13H20N2O2/c1-10-3-4-11(17-10)9-15-12(16)13(2)5-7-14-8-6-13/h3-4,14H,5-9H2,1-2H3,(H,15,16). The molecule has 4 heteroatoms. The first-order valence-electron chi connectivity index (χ1n) is 6.14. The fraction of sp³-hybridized carbons (Fsp3) is 0.615. The maximum Gasteiger partial charge on any atom is 0.226 e. The summed E-state index contributed by atoms with van der Waals surface area (Å²) in [7, 11) is 0. The number of rotatable bonds is 3. The quantitative estimate of drug-likeness (QED) is 0.838. The molecule has 0 aliphatic carbocycles. The summed E-state index contributed by atoms with van der Waals surface area (Å²) >= 11 is 0. The summed E-state index contributed by atoms with van der Waals surface area (Å²) in [6.07, 6.45) is 1.80. The minimum Gasteiger partial charge on any atom is -0.465 e. The van der Waals surface area contributed by atoms with E-state index < -0.39 is 0 Å². The fourth-order valence-electron chi connectivity index (χ4n) is 2.17. The first-order chi connectivity index (χ1) is 8.10. The lowest BCUT2D eigenvalue weighted by Crippen LogP contribution is -2.45. The zero-order chi connectivity index (χ0) is 12.3. The Kier molecular flexibility index (Phi) is 3.52. The van der Waals surface area contributed by atoms with E-state index in [9.17, 15) is 4.79 Å². The number of furan rings is 1. The zero-order valence-corrected chi connectivity index (χ0v) is 10.5. The Labute approximate surface area is 102 Å². The lowest BCUT2D eigenvalue weighted by Gasteiger charge is -2.32. The topological polar surface area (TPSA) is 54.3 Å². The number of hydrogen-bond donors (Lipinski definition) is 2. The summed E-state index contributed by atoms with van der Waals surface area (Å²) in [5, 5.41) is 6.24. The summed E-state index contributed by atoms with van der Waals surface area (Å²) in [6, 6.07) is 3.81. The van der Waals surface area contributed by atoms with E-state index in [1.165, 1.54) is 0 Å². The van der Waals surface area contributed by atoms with Crippen LogP contribution in [0.25, 0.3) is 0 Å². The van der Waals surface area contributed by atoms with E-state index in [4.69, 9.17) is 4.42 Å². The molecule has 1 aromatic heterocycles. The normalized spacial score (nSPS) is 18.9. The van der Waals surface area contributed by atoms with Crippen molar-refractivity contribution < 1.29 is 9.21 Å². The van der Waals surface area contributed by atoms with E-state index in [-0.39, 0.29) is 11.3 Å². The Bertz CT molecular complexity index is 392. The first kappa shape index (κ1) is 12.2. The van der Waals surface area contributed by atoms with Gasteiger partial charge in [0, 0.05) is 5.41 Å². The molecule has 2 rings (SSSR count). The summed E-state index contributed by atoms with van der Waals surface area (Å²) in [6.45, 7) is 6.26. The molecular formula is C13H20N2O2. The van der Waals surface area contributed by atoms with Crippen molar-refractivity contribution in [3.8, 4) is 0 Å². The van der Waals surface area contributed by atoms with Gasteiger partial charge in [-0.2, -0.15) is 0 Å². The third-order valence-corrected chi connectivity index (χ3v) is 3.47. The Balaban J connectivity index is 1.88. The second-order valence-corrected chi connectivity index (χ2v) is 5.01. The van der Waals surface area contributed by atoms with Crippen LogP contribution in [0.2, 0.25) is 0 Å². The van der Waals surface area contributed by atoms with Crippen LogP contribution in [0.3, 0.4) is 0 Å². The first-order valence-corrected chi connectivity index (χ1v) is 6.14. The molecule has 94 valence electrons. The molecule has 4 nitrogen and oxygen atoms in total. The molecule has 1 fully saturated rings. The Morgan fingerprint density at radius 3 is 2.76 bits per heavy atom. The highest BCUT2D eigenvalue weighted by Crippen LogP contribution is 2.28. The van der Waals surface area contributed by atoms with Crippen LogP contribution >= 0.6 is 0 Å². The Morgan fingerprint density at radius 1 is 1.47 bits per heavy atom. The van der Waals surface area contributed by atoms with Crippen LogP contribution in [0.1, 0.15) is 31.3 Å². The van der Waals surface area contributed by atoms with Gasteiger partial charge >= 0.3 is 0 Å². The Morgan fingerprint density at radius 2 is 2.18 bits per heavy atom. The largest absolute Gasteiger partial charge is 0.465 e.